The average molecular weight is 618 g/mol. The molecule has 2 unspecified atom stereocenters. The van der Waals surface area contributed by atoms with E-state index in [-0.39, 0.29) is 46.1 Å². The first kappa shape index (κ1) is 34.1. The van der Waals surface area contributed by atoms with Crippen LogP contribution in [0.3, 0.4) is 0 Å². The Balaban J connectivity index is 1.80. The zero-order valence-corrected chi connectivity index (χ0v) is 28.9. The van der Waals surface area contributed by atoms with Crippen LogP contribution in [0.4, 0.5) is 10.5 Å². The zero-order valence-electron chi connectivity index (χ0n) is 28.9. The number of esters is 1. The van der Waals surface area contributed by atoms with Gasteiger partial charge in [-0.05, 0) is 65.7 Å². The van der Waals surface area contributed by atoms with Crippen LogP contribution in [0.1, 0.15) is 97.5 Å². The van der Waals surface area contributed by atoms with E-state index in [4.69, 9.17) is 21.0 Å². The highest BCUT2D eigenvalue weighted by molar-refractivity contribution is 6.05. The molecule has 0 saturated heterocycles. The third kappa shape index (κ3) is 7.21. The third-order valence-corrected chi connectivity index (χ3v) is 9.22. The maximum atomic E-state index is 14.3. The molecule has 244 valence electrons. The molecule has 9 nitrogen and oxygen atoms in total. The van der Waals surface area contributed by atoms with Gasteiger partial charge >= 0.3 is 12.1 Å². The lowest BCUT2D eigenvalue weighted by atomic mass is 9.64. The molecular formula is C36H51N5O4. The van der Waals surface area contributed by atoms with Gasteiger partial charge < -0.3 is 14.4 Å². The highest BCUT2D eigenvalue weighted by atomic mass is 16.6. The number of aromatic nitrogens is 3. The number of carbonyl (C=O) groups is 2. The molecule has 45 heavy (non-hydrogen) atoms. The molecule has 1 saturated carbocycles. The fourth-order valence-corrected chi connectivity index (χ4v) is 6.76. The molecule has 0 aliphatic heterocycles. The van der Waals surface area contributed by atoms with Gasteiger partial charge in [-0.1, -0.05) is 86.6 Å². The van der Waals surface area contributed by atoms with Gasteiger partial charge in [-0.3, -0.25) is 5.10 Å². The molecule has 1 aliphatic rings. The van der Waals surface area contributed by atoms with Crippen molar-refractivity contribution in [2.45, 2.75) is 93.1 Å². The molecule has 0 bridgehead atoms. The first-order valence-corrected chi connectivity index (χ1v) is 16.3. The van der Waals surface area contributed by atoms with Crippen molar-refractivity contribution in [1.82, 2.24) is 19.5 Å². The summed E-state index contributed by atoms with van der Waals surface area (Å²) < 4.78 is 13.5. The highest BCUT2D eigenvalue weighted by Gasteiger charge is 2.44. The second-order valence-electron chi connectivity index (χ2n) is 15.1. The number of amides is 1. The van der Waals surface area contributed by atoms with E-state index in [0.29, 0.717) is 29.5 Å². The topological polar surface area (TPSA) is 93.3 Å². The molecule has 0 spiro atoms. The van der Waals surface area contributed by atoms with Crippen LogP contribution in [-0.4, -0.2) is 51.8 Å². The molecule has 1 aromatic carbocycles. The predicted octanol–water partition coefficient (Wildman–Crippen LogP) is 8.76. The molecule has 1 amide bonds. The number of carbonyl (C=O) groups excluding carboxylic acids is 2. The fourth-order valence-electron chi connectivity index (χ4n) is 6.76. The molecule has 0 radical (unpaired) electrons. The van der Waals surface area contributed by atoms with Crippen LogP contribution in [0.5, 0.6) is 5.88 Å². The maximum absolute atomic E-state index is 14.3. The Morgan fingerprint density at radius 1 is 1.04 bits per heavy atom. The standard InChI is InChI=1S/C36H51N5O4/c1-20(2)17-23-18-26(21(3)4)30(27(19-23)22(5)6)44-34(42)28-29(37-10)33(45-35(43)40(11)12)41-32(28)38-31(39-41)24-13-15-25(16-14-24)36(7,8)9/h13-16,20-23,26-27,30H,17-19H2,1-9,11-12H3,(H,38,39). The van der Waals surface area contributed by atoms with Gasteiger partial charge in [-0.2, -0.15) is 0 Å². The van der Waals surface area contributed by atoms with E-state index in [9.17, 15) is 9.59 Å². The minimum atomic E-state index is -0.673. The first-order chi connectivity index (χ1) is 21.0. The summed E-state index contributed by atoms with van der Waals surface area (Å²) >= 11 is 0. The van der Waals surface area contributed by atoms with Crippen LogP contribution < -0.4 is 4.74 Å². The van der Waals surface area contributed by atoms with Gasteiger partial charge in [0, 0.05) is 19.7 Å². The summed E-state index contributed by atoms with van der Waals surface area (Å²) in [7, 11) is 3.12. The number of benzene rings is 1. The number of nitrogens with one attached hydrogen (secondary N) is 1. The van der Waals surface area contributed by atoms with Gasteiger partial charge in [0.15, 0.2) is 11.5 Å². The summed E-state index contributed by atoms with van der Waals surface area (Å²) in [5, 5.41) is 3.17. The van der Waals surface area contributed by atoms with Crippen molar-refractivity contribution in [1.29, 1.82) is 0 Å². The van der Waals surface area contributed by atoms with Crippen LogP contribution in [0.15, 0.2) is 24.3 Å². The van der Waals surface area contributed by atoms with E-state index >= 15 is 0 Å². The van der Waals surface area contributed by atoms with Crippen molar-refractivity contribution >= 4 is 23.4 Å². The summed E-state index contributed by atoms with van der Waals surface area (Å²) in [6, 6.07) is 8.03. The van der Waals surface area contributed by atoms with Crippen LogP contribution in [0.25, 0.3) is 21.9 Å². The van der Waals surface area contributed by atoms with Crippen LogP contribution >= 0.6 is 0 Å². The lowest BCUT2D eigenvalue weighted by molar-refractivity contribution is -0.0623. The molecular weight excluding hydrogens is 566 g/mol. The van der Waals surface area contributed by atoms with E-state index in [2.05, 4.69) is 72.3 Å². The first-order valence-electron chi connectivity index (χ1n) is 16.3. The second-order valence-corrected chi connectivity index (χ2v) is 15.1. The lowest BCUT2D eigenvalue weighted by Gasteiger charge is -2.45. The van der Waals surface area contributed by atoms with E-state index in [1.54, 1.807) is 14.1 Å². The molecule has 3 aromatic rings. The summed E-state index contributed by atoms with van der Waals surface area (Å²) in [5.41, 5.74) is 2.06. The largest absolute Gasteiger partial charge is 0.459 e. The summed E-state index contributed by atoms with van der Waals surface area (Å²) in [6.45, 7) is 27.8. The number of ether oxygens (including phenoxy) is 2. The number of rotatable bonds is 8. The van der Waals surface area contributed by atoms with Crippen LogP contribution in [-0.2, 0) is 10.2 Å². The van der Waals surface area contributed by atoms with E-state index in [1.165, 1.54) is 15.0 Å². The molecule has 1 fully saturated rings. The van der Waals surface area contributed by atoms with Gasteiger partial charge in [0.2, 0.25) is 5.88 Å². The van der Waals surface area contributed by atoms with Crippen molar-refractivity contribution < 1.29 is 19.1 Å². The molecule has 1 aliphatic carbocycles. The van der Waals surface area contributed by atoms with Crippen LogP contribution in [0.2, 0.25) is 0 Å². The average Bonchev–Trinajstić information content (AvgIpc) is 3.50. The minimum absolute atomic E-state index is 0.00897. The normalized spacial score (nSPS) is 20.6. The number of aromatic amines is 1. The monoisotopic (exact) mass is 617 g/mol. The number of nitrogens with zero attached hydrogens (tertiary/aromatic N) is 4. The molecule has 2 atom stereocenters. The van der Waals surface area contributed by atoms with Gasteiger partial charge in [-0.15, -0.1) is 0 Å². The Kier molecular flexibility index (Phi) is 10.1. The Bertz CT molecular complexity index is 1530. The molecule has 9 heteroatoms. The molecule has 2 heterocycles. The van der Waals surface area contributed by atoms with Crippen molar-refractivity contribution in [3.63, 3.8) is 0 Å². The van der Waals surface area contributed by atoms with Crippen molar-refractivity contribution in [3.05, 3.63) is 46.8 Å². The Hall–Kier alpha value is -3.80. The quantitative estimate of drug-likeness (QED) is 0.201. The van der Waals surface area contributed by atoms with Gasteiger partial charge in [0.25, 0.3) is 5.69 Å². The summed E-state index contributed by atoms with van der Waals surface area (Å²) in [5.74, 6) is 1.98. The smallest absolute Gasteiger partial charge is 0.414 e. The molecule has 2 aromatic heterocycles. The van der Waals surface area contributed by atoms with Crippen molar-refractivity contribution in [2.75, 3.05) is 14.1 Å². The maximum Gasteiger partial charge on any atom is 0.414 e. The zero-order chi connectivity index (χ0) is 33.4. The third-order valence-electron chi connectivity index (χ3n) is 9.22. The summed E-state index contributed by atoms with van der Waals surface area (Å²) in [4.78, 5) is 36.7. The van der Waals surface area contributed by atoms with E-state index < -0.39 is 12.1 Å². The number of hydrogen-bond acceptors (Lipinski definition) is 5. The fraction of sp³-hybridized carbons (Fsp3) is 0.611. The Morgan fingerprint density at radius 3 is 2.09 bits per heavy atom. The van der Waals surface area contributed by atoms with Crippen LogP contribution in [0, 0.1) is 42.1 Å². The predicted molar refractivity (Wildman–Crippen MR) is 178 cm³/mol. The molecule has 4 rings (SSSR count). The van der Waals surface area contributed by atoms with Gasteiger partial charge in [0.1, 0.15) is 11.7 Å². The Labute approximate surface area is 268 Å². The SMILES string of the molecule is [C-]#[N+]c1c(C(=O)OC2C(C(C)C)CC(CC(C)C)CC2C(C)C)c2nc(-c3ccc(C(C)(C)C)cc3)[nH]n2c1OC(=O)N(C)C. The van der Waals surface area contributed by atoms with Gasteiger partial charge in [-0.25, -0.2) is 23.9 Å². The van der Waals surface area contributed by atoms with E-state index in [0.717, 1.165) is 24.8 Å². The number of fused-ring (bicyclic) bond motifs is 1. The minimum Gasteiger partial charge on any atom is -0.459 e. The second kappa shape index (κ2) is 13.3. The number of H-pyrrole nitrogens is 1. The highest BCUT2D eigenvalue weighted by Crippen LogP contribution is 2.46. The lowest BCUT2D eigenvalue weighted by Crippen LogP contribution is -2.45. The summed E-state index contributed by atoms with van der Waals surface area (Å²) in [6.07, 6.45) is 2.18. The van der Waals surface area contributed by atoms with Crippen molar-refractivity contribution in [2.24, 2.45) is 35.5 Å². The van der Waals surface area contributed by atoms with Crippen molar-refractivity contribution in [3.8, 4) is 17.3 Å². The van der Waals surface area contributed by atoms with Gasteiger partial charge in [0.05, 0.1) is 6.57 Å². The Morgan fingerprint density at radius 2 is 1.62 bits per heavy atom. The molecule has 1 N–H and O–H groups in total. The van der Waals surface area contributed by atoms with E-state index in [1.807, 2.05) is 24.3 Å². The number of hydrogen-bond donors (Lipinski definition) is 1.